The van der Waals surface area contributed by atoms with E-state index in [9.17, 15) is 0 Å². The van der Waals surface area contributed by atoms with E-state index in [-0.39, 0.29) is 0 Å². The molecule has 9 atom stereocenters. The zero-order valence-corrected chi connectivity index (χ0v) is 26.7. The first kappa shape index (κ1) is 28.5. The van der Waals surface area contributed by atoms with E-state index < -0.39 is 0 Å². The van der Waals surface area contributed by atoms with Crippen molar-refractivity contribution in [1.82, 2.24) is 0 Å². The zero-order chi connectivity index (χ0) is 26.2. The van der Waals surface area contributed by atoms with Gasteiger partial charge in [0.15, 0.2) is 0 Å². The van der Waals surface area contributed by atoms with Crippen LogP contribution in [0.15, 0.2) is 4.99 Å². The fraction of sp³-hybridized carbons (Fsp3) is 0.971. The Morgan fingerprint density at radius 3 is 2.32 bits per heavy atom. The summed E-state index contributed by atoms with van der Waals surface area (Å²) in [5.74, 6) is 6.55. The van der Waals surface area contributed by atoms with Gasteiger partial charge in [0.1, 0.15) is 0 Å². The molecule has 5 rings (SSSR count). The van der Waals surface area contributed by atoms with Gasteiger partial charge in [-0.1, -0.05) is 40.0 Å². The summed E-state index contributed by atoms with van der Waals surface area (Å²) in [6.07, 6.45) is 24.1. The van der Waals surface area contributed by atoms with E-state index in [0.29, 0.717) is 23.0 Å². The van der Waals surface area contributed by atoms with Crippen LogP contribution in [0.1, 0.15) is 144 Å². The molecule has 0 aromatic carbocycles. The Balaban J connectivity index is 1.19. The summed E-state index contributed by atoms with van der Waals surface area (Å²) >= 11 is 3.19. The van der Waals surface area contributed by atoms with Crippen LogP contribution in [0.5, 0.6) is 0 Å². The standard InChI is InChI=1S/C34H58NOSe/c1-23(2)10-9-11-24(3)29-16-17-30-28-15-14-25-22-27(36-32(37)35-26-12-7-6-8-13-26)18-20-33(25,4)31(28)19-21-34(29,30)5/h23-31H,6-22H2,1-5H3/t24-,25-,27-,28-,29+,30-,31-,33-,34+/m0/s1. The van der Waals surface area contributed by atoms with Crippen molar-refractivity contribution in [2.75, 3.05) is 0 Å². The van der Waals surface area contributed by atoms with Gasteiger partial charge in [-0.2, -0.15) is 0 Å². The molecule has 0 saturated heterocycles. The van der Waals surface area contributed by atoms with E-state index in [1.165, 1.54) is 109 Å². The molecule has 3 heteroatoms. The number of nitrogens with zero attached hydrogens (tertiary/aromatic N) is 1. The summed E-state index contributed by atoms with van der Waals surface area (Å²) in [7, 11) is 0. The summed E-state index contributed by atoms with van der Waals surface area (Å²) in [4.78, 5) is 5.81. The van der Waals surface area contributed by atoms with Crippen LogP contribution in [0.4, 0.5) is 0 Å². The molecule has 5 saturated carbocycles. The first-order valence-electron chi connectivity index (χ1n) is 16.6. The Morgan fingerprint density at radius 1 is 0.838 bits per heavy atom. The monoisotopic (exact) mass is 576 g/mol. The van der Waals surface area contributed by atoms with Gasteiger partial charge in [-0.15, -0.1) is 0 Å². The third kappa shape index (κ3) is 5.89. The van der Waals surface area contributed by atoms with Crippen molar-refractivity contribution in [2.24, 2.45) is 57.2 Å². The van der Waals surface area contributed by atoms with Gasteiger partial charge in [0, 0.05) is 0 Å². The minimum absolute atomic E-state index is 0.384. The molecular weight excluding hydrogens is 517 g/mol. The second kappa shape index (κ2) is 11.8. The normalized spacial score (nSPS) is 43.7. The molecule has 1 radical (unpaired) electrons. The third-order valence-corrected chi connectivity index (χ3v) is 13.4. The van der Waals surface area contributed by atoms with Gasteiger partial charge in [-0.3, -0.25) is 0 Å². The molecule has 37 heavy (non-hydrogen) atoms. The first-order chi connectivity index (χ1) is 17.7. The van der Waals surface area contributed by atoms with E-state index in [1.54, 1.807) is 0 Å². The summed E-state index contributed by atoms with van der Waals surface area (Å²) in [6, 6.07) is 0.499. The average Bonchev–Trinajstić information content (AvgIpc) is 3.22. The maximum absolute atomic E-state index is 6.49. The van der Waals surface area contributed by atoms with Crippen LogP contribution >= 0.6 is 0 Å². The quantitative estimate of drug-likeness (QED) is 0.168. The molecule has 5 aliphatic carbocycles. The Kier molecular flexibility index (Phi) is 9.13. The molecule has 0 heterocycles. The Bertz CT molecular complexity index is 789. The predicted molar refractivity (Wildman–Crippen MR) is 158 cm³/mol. The molecule has 2 nitrogen and oxygen atoms in total. The van der Waals surface area contributed by atoms with Crippen molar-refractivity contribution in [3.63, 3.8) is 0 Å². The number of hydrogen-bond acceptors (Lipinski definition) is 2. The topological polar surface area (TPSA) is 21.6 Å². The van der Waals surface area contributed by atoms with Crippen LogP contribution in [-0.2, 0) is 4.74 Å². The second-order valence-corrected chi connectivity index (χ2v) is 16.1. The number of hydrogen-bond donors (Lipinski definition) is 0. The van der Waals surface area contributed by atoms with Crippen molar-refractivity contribution in [3.8, 4) is 0 Å². The molecule has 0 aromatic rings. The maximum atomic E-state index is 6.49. The molecule has 0 aliphatic heterocycles. The van der Waals surface area contributed by atoms with Crippen molar-refractivity contribution >= 4 is 20.8 Å². The van der Waals surface area contributed by atoms with Gasteiger partial charge in [-0.25, -0.2) is 0 Å². The van der Waals surface area contributed by atoms with Gasteiger partial charge in [-0.05, 0) is 5.92 Å². The summed E-state index contributed by atoms with van der Waals surface area (Å²) in [5.41, 5.74) is 1.16. The third-order valence-electron chi connectivity index (χ3n) is 12.9. The van der Waals surface area contributed by atoms with Crippen LogP contribution in [0.25, 0.3) is 0 Å². The molecule has 0 N–H and O–H groups in total. The summed E-state index contributed by atoms with van der Waals surface area (Å²) in [5, 5.41) is 0. The minimum atomic E-state index is 0.384. The van der Waals surface area contributed by atoms with Crippen LogP contribution < -0.4 is 0 Å². The van der Waals surface area contributed by atoms with Crippen molar-refractivity contribution in [2.45, 2.75) is 156 Å². The predicted octanol–water partition coefficient (Wildman–Crippen LogP) is 9.35. The summed E-state index contributed by atoms with van der Waals surface area (Å²) in [6.45, 7) is 12.8. The van der Waals surface area contributed by atoms with Crippen LogP contribution in [0, 0.1) is 52.3 Å². The number of rotatable bonds is 7. The van der Waals surface area contributed by atoms with Crippen molar-refractivity contribution in [3.05, 3.63) is 0 Å². The molecule has 0 aromatic heterocycles. The van der Waals surface area contributed by atoms with Crippen LogP contribution in [-0.4, -0.2) is 33.0 Å². The van der Waals surface area contributed by atoms with Gasteiger partial charge in [0.05, 0.1) is 0 Å². The van der Waals surface area contributed by atoms with E-state index in [2.05, 4.69) is 50.6 Å². The van der Waals surface area contributed by atoms with E-state index in [1.807, 2.05) is 0 Å². The van der Waals surface area contributed by atoms with Crippen LogP contribution in [0.2, 0.25) is 0 Å². The Morgan fingerprint density at radius 2 is 1.57 bits per heavy atom. The molecular formula is C34H58NOSe. The van der Waals surface area contributed by atoms with Gasteiger partial charge >= 0.3 is 193 Å². The van der Waals surface area contributed by atoms with Gasteiger partial charge in [0.2, 0.25) is 0 Å². The molecule has 0 bridgehead atoms. The summed E-state index contributed by atoms with van der Waals surface area (Å²) < 4.78 is 6.49. The van der Waals surface area contributed by atoms with Crippen molar-refractivity contribution in [1.29, 1.82) is 0 Å². The average molecular weight is 576 g/mol. The molecule has 211 valence electrons. The number of fused-ring (bicyclic) bond motifs is 5. The molecule has 5 aliphatic rings. The fourth-order valence-corrected chi connectivity index (χ4v) is 11.5. The van der Waals surface area contributed by atoms with E-state index >= 15 is 0 Å². The van der Waals surface area contributed by atoms with Crippen molar-refractivity contribution < 1.29 is 4.74 Å². The zero-order valence-electron chi connectivity index (χ0n) is 25.0. The first-order valence-corrected chi connectivity index (χ1v) is 17.5. The van der Waals surface area contributed by atoms with E-state index in [4.69, 9.17) is 9.73 Å². The second-order valence-electron chi connectivity index (χ2n) is 15.4. The van der Waals surface area contributed by atoms with Gasteiger partial charge < -0.3 is 0 Å². The Hall–Kier alpha value is -0.0105. The molecule has 5 fully saturated rings. The molecule has 0 amide bonds. The fourth-order valence-electron chi connectivity index (χ4n) is 10.9. The number of aliphatic imine (C=N–C) groups is 1. The van der Waals surface area contributed by atoms with Gasteiger partial charge in [0.25, 0.3) is 0 Å². The molecule has 0 spiro atoms. The number of ether oxygens (including phenoxy) is 1. The SMILES string of the molecule is CC(C)CCC[C@H](C)[C@H]1CC[C@H]2[C@@H]3CC[C@H]4C[C@@H](OC([Se])=NC5CCCCC5)CC[C@]4(C)[C@H]3CC[C@]12C. The molecule has 0 unspecified atom stereocenters. The Labute approximate surface area is 238 Å². The van der Waals surface area contributed by atoms with E-state index in [0.717, 1.165) is 46.2 Å². The van der Waals surface area contributed by atoms with Crippen LogP contribution in [0.3, 0.4) is 0 Å².